The molecule has 1 fully saturated rings. The average Bonchev–Trinajstić information content (AvgIpc) is 2.68. The van der Waals surface area contributed by atoms with Gasteiger partial charge in [-0.1, -0.05) is 19.3 Å². The maximum Gasteiger partial charge on any atom is 0.175 e. The summed E-state index contributed by atoms with van der Waals surface area (Å²) in [5, 5.41) is 3.44. The van der Waals surface area contributed by atoms with E-state index in [1.807, 2.05) is 12.1 Å². The molecule has 0 saturated heterocycles. The fraction of sp³-hybridized carbons (Fsp3) is 0.571. The maximum atomic E-state index is 11.7. The van der Waals surface area contributed by atoms with Crippen LogP contribution in [0.15, 0.2) is 23.1 Å². The molecule has 0 radical (unpaired) electrons. The van der Waals surface area contributed by atoms with E-state index in [-0.39, 0.29) is 5.41 Å². The highest BCUT2D eigenvalue weighted by Crippen LogP contribution is 2.47. The van der Waals surface area contributed by atoms with Gasteiger partial charge in [0.1, 0.15) is 0 Å². The molecule has 1 heterocycles. The SMILES string of the molecule is CS(=O)(=O)c1ccc2c(c1)C1(CCCCC1)CN2. The molecule has 3 rings (SSSR count). The summed E-state index contributed by atoms with van der Waals surface area (Å²) in [4.78, 5) is 0.454. The highest BCUT2D eigenvalue weighted by atomic mass is 32.2. The predicted octanol–water partition coefficient (Wildman–Crippen LogP) is 2.72. The van der Waals surface area contributed by atoms with Crippen LogP contribution in [0.4, 0.5) is 5.69 Å². The summed E-state index contributed by atoms with van der Waals surface area (Å²) in [6.07, 6.45) is 7.46. The van der Waals surface area contributed by atoms with Crippen LogP contribution in [0.1, 0.15) is 37.7 Å². The van der Waals surface area contributed by atoms with Crippen LogP contribution >= 0.6 is 0 Å². The zero-order chi connectivity index (χ0) is 12.8. The Morgan fingerprint density at radius 1 is 1.17 bits per heavy atom. The lowest BCUT2D eigenvalue weighted by Crippen LogP contribution is -2.31. The Balaban J connectivity index is 2.09. The number of rotatable bonds is 1. The number of anilines is 1. The number of fused-ring (bicyclic) bond motifs is 2. The normalized spacial score (nSPS) is 21.6. The van der Waals surface area contributed by atoms with Gasteiger partial charge in [-0.2, -0.15) is 0 Å². The average molecular weight is 265 g/mol. The van der Waals surface area contributed by atoms with Gasteiger partial charge in [0.2, 0.25) is 0 Å². The molecular weight excluding hydrogens is 246 g/mol. The Labute approximate surface area is 109 Å². The number of sulfone groups is 1. The van der Waals surface area contributed by atoms with Gasteiger partial charge in [0, 0.05) is 23.9 Å². The van der Waals surface area contributed by atoms with Crippen LogP contribution in [0.3, 0.4) is 0 Å². The van der Waals surface area contributed by atoms with E-state index in [4.69, 9.17) is 0 Å². The highest BCUT2D eigenvalue weighted by molar-refractivity contribution is 7.90. The minimum Gasteiger partial charge on any atom is -0.384 e. The smallest absolute Gasteiger partial charge is 0.175 e. The molecule has 98 valence electrons. The second-order valence-electron chi connectivity index (χ2n) is 5.67. The van der Waals surface area contributed by atoms with Gasteiger partial charge in [0.25, 0.3) is 0 Å². The van der Waals surface area contributed by atoms with Gasteiger partial charge >= 0.3 is 0 Å². The molecule has 1 aromatic rings. The first-order valence-corrected chi connectivity index (χ1v) is 8.49. The lowest BCUT2D eigenvalue weighted by Gasteiger charge is -2.33. The standard InChI is InChI=1S/C14H19NO2S/c1-18(16,17)11-5-6-13-12(9-11)14(10-15-13)7-3-2-4-8-14/h5-6,9,15H,2-4,7-8,10H2,1H3. The molecule has 0 unspecified atom stereocenters. The van der Waals surface area contributed by atoms with E-state index in [9.17, 15) is 8.42 Å². The molecule has 3 nitrogen and oxygen atoms in total. The molecule has 1 aromatic carbocycles. The molecule has 2 aliphatic rings. The summed E-state index contributed by atoms with van der Waals surface area (Å²) in [7, 11) is -3.11. The van der Waals surface area contributed by atoms with Gasteiger partial charge in [-0.25, -0.2) is 8.42 Å². The lowest BCUT2D eigenvalue weighted by molar-refractivity contribution is 0.319. The van der Waals surface area contributed by atoms with Crippen LogP contribution in [-0.2, 0) is 15.3 Å². The largest absolute Gasteiger partial charge is 0.384 e. The van der Waals surface area contributed by atoms with Crippen LogP contribution in [0.2, 0.25) is 0 Å². The third kappa shape index (κ3) is 1.83. The van der Waals surface area contributed by atoms with Crippen LogP contribution < -0.4 is 5.32 Å². The van der Waals surface area contributed by atoms with Gasteiger partial charge in [0.15, 0.2) is 9.84 Å². The van der Waals surface area contributed by atoms with Crippen molar-refractivity contribution in [2.45, 2.75) is 42.4 Å². The minimum absolute atomic E-state index is 0.189. The zero-order valence-corrected chi connectivity index (χ0v) is 11.5. The van der Waals surface area contributed by atoms with Crippen molar-refractivity contribution in [3.8, 4) is 0 Å². The van der Waals surface area contributed by atoms with E-state index < -0.39 is 9.84 Å². The topological polar surface area (TPSA) is 46.2 Å². The first-order chi connectivity index (χ1) is 8.51. The number of nitrogens with one attached hydrogen (secondary N) is 1. The quantitative estimate of drug-likeness (QED) is 0.849. The Kier molecular flexibility index (Phi) is 2.66. The molecule has 4 heteroatoms. The molecule has 1 aliphatic heterocycles. The summed E-state index contributed by atoms with van der Waals surface area (Å²) in [5.41, 5.74) is 2.54. The molecular formula is C14H19NO2S. The van der Waals surface area contributed by atoms with Crippen molar-refractivity contribution in [3.63, 3.8) is 0 Å². The molecule has 1 aliphatic carbocycles. The van der Waals surface area contributed by atoms with Crippen molar-refractivity contribution >= 4 is 15.5 Å². The summed E-state index contributed by atoms with van der Waals surface area (Å²) in [5.74, 6) is 0. The molecule has 0 aromatic heterocycles. The van der Waals surface area contributed by atoms with Gasteiger partial charge in [-0.15, -0.1) is 0 Å². The molecule has 0 bridgehead atoms. The zero-order valence-electron chi connectivity index (χ0n) is 10.7. The van der Waals surface area contributed by atoms with E-state index >= 15 is 0 Å². The van der Waals surface area contributed by atoms with Crippen LogP contribution in [0, 0.1) is 0 Å². The maximum absolute atomic E-state index is 11.7. The van der Waals surface area contributed by atoms with Crippen molar-refractivity contribution in [1.29, 1.82) is 0 Å². The van der Waals surface area contributed by atoms with Crippen LogP contribution in [-0.4, -0.2) is 21.2 Å². The van der Waals surface area contributed by atoms with Crippen LogP contribution in [0.25, 0.3) is 0 Å². The molecule has 1 N–H and O–H groups in total. The van der Waals surface area contributed by atoms with E-state index in [0.717, 1.165) is 12.2 Å². The van der Waals surface area contributed by atoms with E-state index in [0.29, 0.717) is 4.90 Å². The summed E-state index contributed by atoms with van der Waals surface area (Å²) >= 11 is 0. The van der Waals surface area contributed by atoms with Gasteiger partial charge in [-0.05, 0) is 36.6 Å². The number of hydrogen-bond donors (Lipinski definition) is 1. The van der Waals surface area contributed by atoms with Crippen molar-refractivity contribution in [2.75, 3.05) is 18.1 Å². The van der Waals surface area contributed by atoms with Crippen molar-refractivity contribution in [2.24, 2.45) is 0 Å². The Morgan fingerprint density at radius 2 is 1.89 bits per heavy atom. The van der Waals surface area contributed by atoms with E-state index in [1.165, 1.54) is 43.9 Å². The Morgan fingerprint density at radius 3 is 2.56 bits per heavy atom. The van der Waals surface area contributed by atoms with Crippen molar-refractivity contribution in [3.05, 3.63) is 23.8 Å². The molecule has 0 atom stereocenters. The number of benzene rings is 1. The third-order valence-corrected chi connectivity index (χ3v) is 5.53. The molecule has 0 amide bonds. The predicted molar refractivity (Wildman–Crippen MR) is 72.8 cm³/mol. The molecule has 18 heavy (non-hydrogen) atoms. The Hall–Kier alpha value is -1.03. The first-order valence-electron chi connectivity index (χ1n) is 6.60. The first kappa shape index (κ1) is 12.0. The van der Waals surface area contributed by atoms with Gasteiger partial charge < -0.3 is 5.32 Å². The minimum atomic E-state index is -3.11. The van der Waals surface area contributed by atoms with Gasteiger partial charge in [0.05, 0.1) is 4.90 Å². The van der Waals surface area contributed by atoms with E-state index in [1.54, 1.807) is 6.07 Å². The Bertz CT molecular complexity index is 566. The van der Waals surface area contributed by atoms with Crippen molar-refractivity contribution < 1.29 is 8.42 Å². The molecule has 1 saturated carbocycles. The summed E-state index contributed by atoms with van der Waals surface area (Å²) < 4.78 is 23.4. The highest BCUT2D eigenvalue weighted by Gasteiger charge is 2.40. The van der Waals surface area contributed by atoms with E-state index in [2.05, 4.69) is 5.32 Å². The fourth-order valence-corrected chi connectivity index (χ4v) is 4.03. The monoisotopic (exact) mass is 265 g/mol. The van der Waals surface area contributed by atoms with Crippen molar-refractivity contribution in [1.82, 2.24) is 0 Å². The fourth-order valence-electron chi connectivity index (χ4n) is 3.38. The number of hydrogen-bond acceptors (Lipinski definition) is 3. The third-order valence-electron chi connectivity index (χ3n) is 4.42. The van der Waals surface area contributed by atoms with Crippen LogP contribution in [0.5, 0.6) is 0 Å². The summed E-state index contributed by atoms with van der Waals surface area (Å²) in [6.45, 7) is 0.968. The second kappa shape index (κ2) is 3.98. The molecule has 1 spiro atoms. The summed E-state index contributed by atoms with van der Waals surface area (Å²) in [6, 6.07) is 5.54. The van der Waals surface area contributed by atoms with Gasteiger partial charge in [-0.3, -0.25) is 0 Å². The lowest BCUT2D eigenvalue weighted by atomic mass is 9.71. The second-order valence-corrected chi connectivity index (χ2v) is 7.69.